The summed E-state index contributed by atoms with van der Waals surface area (Å²) in [5.41, 5.74) is 1.94. The highest BCUT2D eigenvalue weighted by Gasteiger charge is 2.24. The van der Waals surface area contributed by atoms with Crippen LogP contribution in [0.5, 0.6) is 5.75 Å². The van der Waals surface area contributed by atoms with Crippen LogP contribution in [-0.2, 0) is 11.3 Å². The number of aromatic nitrogens is 3. The molecule has 0 bridgehead atoms. The van der Waals surface area contributed by atoms with Gasteiger partial charge in [-0.25, -0.2) is 4.68 Å². The van der Waals surface area contributed by atoms with Gasteiger partial charge in [0.1, 0.15) is 17.9 Å². The third-order valence-corrected chi connectivity index (χ3v) is 4.93. The lowest BCUT2D eigenvalue weighted by atomic mass is 10.2. The molecule has 4 rings (SSSR count). The average molecular weight is 352 g/mol. The molecule has 1 saturated heterocycles. The van der Waals surface area contributed by atoms with E-state index in [0.29, 0.717) is 6.61 Å². The molecule has 0 N–H and O–H groups in total. The lowest BCUT2D eigenvalue weighted by Gasteiger charge is -2.12. The Morgan fingerprint density at radius 2 is 2.24 bits per heavy atom. The van der Waals surface area contributed by atoms with Crippen LogP contribution in [0.15, 0.2) is 16.6 Å². The van der Waals surface area contributed by atoms with Crippen molar-refractivity contribution in [3.05, 3.63) is 16.6 Å². The summed E-state index contributed by atoms with van der Waals surface area (Å²) in [7, 11) is 0. The number of benzene rings is 1. The molecule has 2 aliphatic rings. The highest BCUT2D eigenvalue weighted by molar-refractivity contribution is 9.10. The van der Waals surface area contributed by atoms with Gasteiger partial charge in [0.05, 0.1) is 16.1 Å². The van der Waals surface area contributed by atoms with Crippen molar-refractivity contribution in [2.45, 2.75) is 38.3 Å². The topological polar surface area (TPSA) is 49.2 Å². The summed E-state index contributed by atoms with van der Waals surface area (Å²) in [6.45, 7) is 2.42. The van der Waals surface area contributed by atoms with E-state index in [9.17, 15) is 0 Å². The van der Waals surface area contributed by atoms with Crippen molar-refractivity contribution in [1.82, 2.24) is 15.0 Å². The van der Waals surface area contributed by atoms with Crippen LogP contribution in [0.1, 0.15) is 25.7 Å². The van der Waals surface area contributed by atoms with Gasteiger partial charge in [0.2, 0.25) is 0 Å². The third kappa shape index (κ3) is 2.79. The molecule has 0 radical (unpaired) electrons. The first-order valence-electron chi connectivity index (χ1n) is 7.57. The van der Waals surface area contributed by atoms with E-state index in [0.717, 1.165) is 53.2 Å². The predicted molar refractivity (Wildman–Crippen MR) is 82.4 cm³/mol. The molecule has 112 valence electrons. The Bertz CT molecular complexity index is 648. The fourth-order valence-corrected chi connectivity index (χ4v) is 3.27. The maximum atomic E-state index is 5.88. The van der Waals surface area contributed by atoms with E-state index >= 15 is 0 Å². The van der Waals surface area contributed by atoms with Crippen LogP contribution in [0.4, 0.5) is 0 Å². The van der Waals surface area contributed by atoms with Crippen molar-refractivity contribution in [3.8, 4) is 5.75 Å². The van der Waals surface area contributed by atoms with Gasteiger partial charge in [-0.05, 0) is 59.7 Å². The van der Waals surface area contributed by atoms with Crippen molar-refractivity contribution in [3.63, 3.8) is 0 Å². The zero-order valence-electron chi connectivity index (χ0n) is 11.8. The molecule has 1 aromatic carbocycles. The Kier molecular flexibility index (Phi) is 3.59. The van der Waals surface area contributed by atoms with E-state index in [2.05, 4.69) is 26.2 Å². The van der Waals surface area contributed by atoms with Crippen LogP contribution in [0.3, 0.4) is 0 Å². The van der Waals surface area contributed by atoms with Crippen molar-refractivity contribution >= 4 is 27.0 Å². The normalized spacial score (nSPS) is 22.0. The lowest BCUT2D eigenvalue weighted by molar-refractivity contribution is 0.0677. The number of ether oxygens (including phenoxy) is 2. The molecule has 6 heteroatoms. The second-order valence-electron chi connectivity index (χ2n) is 5.91. The number of hydrogen-bond donors (Lipinski definition) is 0. The number of fused-ring (bicyclic) bond motifs is 1. The first-order chi connectivity index (χ1) is 10.3. The Hall–Kier alpha value is -1.14. The van der Waals surface area contributed by atoms with Gasteiger partial charge in [0.15, 0.2) is 0 Å². The molecular weight excluding hydrogens is 334 g/mol. The highest BCUT2D eigenvalue weighted by atomic mass is 79.9. The molecule has 2 aromatic rings. The van der Waals surface area contributed by atoms with Gasteiger partial charge in [-0.15, -0.1) is 5.10 Å². The lowest BCUT2D eigenvalue weighted by Crippen LogP contribution is -2.16. The van der Waals surface area contributed by atoms with Gasteiger partial charge in [0.25, 0.3) is 0 Å². The molecule has 2 heterocycles. The van der Waals surface area contributed by atoms with Crippen LogP contribution in [-0.4, -0.2) is 34.3 Å². The van der Waals surface area contributed by atoms with E-state index in [1.165, 1.54) is 12.8 Å². The summed E-state index contributed by atoms with van der Waals surface area (Å²) in [5.74, 6) is 1.60. The van der Waals surface area contributed by atoms with E-state index in [4.69, 9.17) is 9.47 Å². The molecule has 2 fully saturated rings. The SMILES string of the molecule is Brc1c(OCC2CCCO2)ccc2c1nnn2CC1CC1. The molecular formula is C15H18BrN3O2. The van der Waals surface area contributed by atoms with Crippen LogP contribution in [0.25, 0.3) is 11.0 Å². The Morgan fingerprint density at radius 1 is 1.33 bits per heavy atom. The molecule has 1 aliphatic heterocycles. The number of rotatable bonds is 5. The fourth-order valence-electron chi connectivity index (χ4n) is 2.74. The van der Waals surface area contributed by atoms with Gasteiger partial charge in [0, 0.05) is 13.2 Å². The van der Waals surface area contributed by atoms with Gasteiger partial charge in [-0.3, -0.25) is 0 Å². The summed E-state index contributed by atoms with van der Waals surface area (Å²) in [5, 5.41) is 8.57. The summed E-state index contributed by atoms with van der Waals surface area (Å²) >= 11 is 3.60. The van der Waals surface area contributed by atoms with Crippen LogP contribution < -0.4 is 4.74 Å². The second-order valence-corrected chi connectivity index (χ2v) is 6.70. The van der Waals surface area contributed by atoms with Crippen molar-refractivity contribution in [1.29, 1.82) is 0 Å². The first kappa shape index (κ1) is 13.5. The molecule has 1 unspecified atom stereocenters. The summed E-state index contributed by atoms with van der Waals surface area (Å²) in [6.07, 6.45) is 5.05. The minimum atomic E-state index is 0.221. The van der Waals surface area contributed by atoms with E-state index in [-0.39, 0.29) is 6.10 Å². The minimum Gasteiger partial charge on any atom is -0.490 e. The molecule has 21 heavy (non-hydrogen) atoms. The first-order valence-corrected chi connectivity index (χ1v) is 8.36. The maximum Gasteiger partial charge on any atom is 0.136 e. The quantitative estimate of drug-likeness (QED) is 0.830. The molecule has 1 atom stereocenters. The molecule has 1 saturated carbocycles. The van der Waals surface area contributed by atoms with Crippen LogP contribution >= 0.6 is 15.9 Å². The number of hydrogen-bond acceptors (Lipinski definition) is 4. The van der Waals surface area contributed by atoms with E-state index in [1.807, 2.05) is 16.8 Å². The molecule has 1 aromatic heterocycles. The zero-order valence-corrected chi connectivity index (χ0v) is 13.4. The molecule has 1 aliphatic carbocycles. The monoisotopic (exact) mass is 351 g/mol. The van der Waals surface area contributed by atoms with E-state index in [1.54, 1.807) is 0 Å². The molecule has 5 nitrogen and oxygen atoms in total. The standard InChI is InChI=1S/C15H18BrN3O2/c16-14-13(21-9-11-2-1-7-20-11)6-5-12-15(14)17-18-19(12)8-10-3-4-10/h5-6,10-11H,1-4,7-9H2. The van der Waals surface area contributed by atoms with Gasteiger partial charge in [-0.1, -0.05) is 5.21 Å². The zero-order chi connectivity index (χ0) is 14.2. The maximum absolute atomic E-state index is 5.88. The fraction of sp³-hybridized carbons (Fsp3) is 0.600. The number of halogens is 1. The highest BCUT2D eigenvalue weighted by Crippen LogP contribution is 2.35. The van der Waals surface area contributed by atoms with Gasteiger partial charge in [-0.2, -0.15) is 0 Å². The summed E-state index contributed by atoms with van der Waals surface area (Å²) < 4.78 is 14.4. The summed E-state index contributed by atoms with van der Waals surface area (Å²) in [4.78, 5) is 0. The predicted octanol–water partition coefficient (Wildman–Crippen LogP) is 3.16. The Morgan fingerprint density at radius 3 is 3.00 bits per heavy atom. The Balaban J connectivity index is 1.54. The average Bonchev–Trinajstić information content (AvgIpc) is 2.99. The van der Waals surface area contributed by atoms with Crippen molar-refractivity contribution in [2.75, 3.05) is 13.2 Å². The Labute approximate surface area is 131 Å². The van der Waals surface area contributed by atoms with Crippen molar-refractivity contribution < 1.29 is 9.47 Å². The van der Waals surface area contributed by atoms with Gasteiger partial charge < -0.3 is 9.47 Å². The molecule has 0 spiro atoms. The summed E-state index contributed by atoms with van der Waals surface area (Å²) in [6, 6.07) is 4.04. The molecule has 0 amide bonds. The minimum absolute atomic E-state index is 0.221. The smallest absolute Gasteiger partial charge is 0.136 e. The van der Waals surface area contributed by atoms with Crippen molar-refractivity contribution in [2.24, 2.45) is 5.92 Å². The largest absolute Gasteiger partial charge is 0.490 e. The van der Waals surface area contributed by atoms with Crippen LogP contribution in [0.2, 0.25) is 0 Å². The third-order valence-electron chi connectivity index (χ3n) is 4.17. The van der Waals surface area contributed by atoms with E-state index < -0.39 is 0 Å². The number of nitrogens with zero attached hydrogens (tertiary/aromatic N) is 3. The second kappa shape index (κ2) is 5.57. The van der Waals surface area contributed by atoms with Gasteiger partial charge >= 0.3 is 0 Å². The van der Waals surface area contributed by atoms with Crippen LogP contribution in [0, 0.1) is 5.92 Å².